The molecule has 0 N–H and O–H groups in total. The summed E-state index contributed by atoms with van der Waals surface area (Å²) in [5.74, 6) is -1.63. The molecule has 8 nitrogen and oxygen atoms in total. The van der Waals surface area contributed by atoms with Crippen LogP contribution in [0.15, 0.2) is 35.6 Å². The van der Waals surface area contributed by atoms with Gasteiger partial charge in [-0.2, -0.15) is 15.4 Å². The topological polar surface area (TPSA) is 92.9 Å². The van der Waals surface area contributed by atoms with Crippen LogP contribution in [0.1, 0.15) is 46.8 Å². The minimum absolute atomic E-state index is 0.0667. The molecule has 1 fully saturated rings. The summed E-state index contributed by atoms with van der Waals surface area (Å²) >= 11 is 0. The van der Waals surface area contributed by atoms with Gasteiger partial charge in [0.1, 0.15) is 17.8 Å². The van der Waals surface area contributed by atoms with Crippen molar-refractivity contribution in [1.82, 2.24) is 14.8 Å². The number of amides is 2. The van der Waals surface area contributed by atoms with Crippen LogP contribution in [0.3, 0.4) is 0 Å². The molecule has 33 heavy (non-hydrogen) atoms. The van der Waals surface area contributed by atoms with Gasteiger partial charge in [-0.3, -0.25) is 14.5 Å². The molecular weight excluding hydrogens is 423 g/mol. The van der Waals surface area contributed by atoms with Crippen molar-refractivity contribution in [1.29, 1.82) is 5.26 Å². The molecule has 4 rings (SSSR count). The van der Waals surface area contributed by atoms with Crippen LogP contribution in [0.2, 0.25) is 0 Å². The summed E-state index contributed by atoms with van der Waals surface area (Å²) in [6, 6.07) is 7.96. The van der Waals surface area contributed by atoms with Gasteiger partial charge in [0, 0.05) is 38.1 Å². The van der Waals surface area contributed by atoms with E-state index in [1.807, 2.05) is 4.90 Å². The summed E-state index contributed by atoms with van der Waals surface area (Å²) in [6.45, 7) is 9.06. The summed E-state index contributed by atoms with van der Waals surface area (Å²) in [7, 11) is 0. The zero-order valence-electron chi connectivity index (χ0n) is 18.8. The van der Waals surface area contributed by atoms with E-state index in [1.165, 1.54) is 24.5 Å². The molecule has 0 aliphatic carbocycles. The number of carbonyl (C=O) groups is 2. The number of rotatable bonds is 4. The largest absolute Gasteiger partial charge is 0.336 e. The van der Waals surface area contributed by atoms with Gasteiger partial charge in [0.15, 0.2) is 5.82 Å². The fourth-order valence-corrected chi connectivity index (χ4v) is 4.36. The van der Waals surface area contributed by atoms with Gasteiger partial charge in [-0.05, 0) is 55.8 Å². The molecule has 0 saturated carbocycles. The maximum Gasteiger partial charge on any atom is 0.261 e. The Bertz CT molecular complexity index is 1160. The maximum atomic E-state index is 14.1. The first-order chi connectivity index (χ1) is 15.8. The smallest absolute Gasteiger partial charge is 0.261 e. The van der Waals surface area contributed by atoms with E-state index in [0.717, 1.165) is 18.1 Å². The Kier molecular flexibility index (Phi) is 6.20. The number of carbonyl (C=O) groups excluding carboxylic acids is 2. The van der Waals surface area contributed by atoms with Crippen LogP contribution in [0.4, 0.5) is 10.2 Å². The highest BCUT2D eigenvalue weighted by molar-refractivity contribution is 6.12. The van der Waals surface area contributed by atoms with Crippen molar-refractivity contribution in [2.75, 3.05) is 31.2 Å². The molecule has 1 saturated heterocycles. The number of hydrazone groups is 1. The molecule has 2 aromatic rings. The first-order valence-corrected chi connectivity index (χ1v) is 10.9. The van der Waals surface area contributed by atoms with E-state index in [9.17, 15) is 14.0 Å². The quantitative estimate of drug-likeness (QED) is 0.717. The fraction of sp³-hybridized carbons (Fsp3) is 0.375. The Morgan fingerprint density at radius 3 is 2.73 bits per heavy atom. The number of likely N-dealkylation sites (N-methyl/N-ethyl adjacent to an activating group) is 1. The second-order valence-corrected chi connectivity index (χ2v) is 8.33. The van der Waals surface area contributed by atoms with Crippen LogP contribution >= 0.6 is 0 Å². The van der Waals surface area contributed by atoms with Gasteiger partial charge >= 0.3 is 0 Å². The molecule has 0 spiro atoms. The molecule has 1 unspecified atom stereocenters. The molecule has 3 heterocycles. The second kappa shape index (κ2) is 9.08. The van der Waals surface area contributed by atoms with Crippen molar-refractivity contribution in [2.24, 2.45) is 5.10 Å². The molecule has 2 amide bonds. The Hall–Kier alpha value is -3.64. The lowest BCUT2D eigenvalue weighted by atomic mass is 9.93. The Morgan fingerprint density at radius 2 is 2.09 bits per heavy atom. The molecule has 2 aliphatic heterocycles. The summed E-state index contributed by atoms with van der Waals surface area (Å²) in [6.07, 6.45) is 2.89. The Balaban J connectivity index is 1.48. The number of halogens is 1. The van der Waals surface area contributed by atoms with Crippen molar-refractivity contribution in [3.63, 3.8) is 0 Å². The lowest BCUT2D eigenvalue weighted by Crippen LogP contribution is -2.53. The van der Waals surface area contributed by atoms with Crippen LogP contribution in [0.5, 0.6) is 0 Å². The first-order valence-electron chi connectivity index (χ1n) is 10.9. The molecule has 0 bridgehead atoms. The third kappa shape index (κ3) is 4.22. The number of aryl methyl sites for hydroxylation is 1. The third-order valence-corrected chi connectivity index (χ3v) is 6.29. The van der Waals surface area contributed by atoms with Crippen molar-refractivity contribution in [3.05, 3.63) is 58.5 Å². The van der Waals surface area contributed by atoms with Crippen LogP contribution in [0.25, 0.3) is 0 Å². The van der Waals surface area contributed by atoms with Crippen LogP contribution in [-0.4, -0.2) is 65.0 Å². The lowest BCUT2D eigenvalue weighted by molar-refractivity contribution is -0.118. The predicted molar refractivity (Wildman–Crippen MR) is 121 cm³/mol. The van der Waals surface area contributed by atoms with Gasteiger partial charge < -0.3 is 4.90 Å². The SMILES string of the molecule is CCN1CCN(C(=O)c2ccc(N3N=CC(c4cc(F)c(C#N)cc4C)C3=O)nc2)C[C@@H]1C. The van der Waals surface area contributed by atoms with Gasteiger partial charge in [0.05, 0.1) is 11.1 Å². The number of piperazine rings is 1. The van der Waals surface area contributed by atoms with Crippen LogP contribution in [0, 0.1) is 24.1 Å². The number of hydrogen-bond acceptors (Lipinski definition) is 6. The standard InChI is InChI=1S/C24H25FN6O2/c1-4-29-7-8-30(14-16(29)3)23(32)17-5-6-22(27-12-17)31-24(33)20(13-28-31)19-10-21(25)18(11-26)9-15(19)2/h5-6,9-10,12-13,16,20H,4,7-8,14H2,1-3H3/t16-,20?/m0/s1. The van der Waals surface area contributed by atoms with Gasteiger partial charge in [-0.25, -0.2) is 9.37 Å². The highest BCUT2D eigenvalue weighted by atomic mass is 19.1. The number of nitriles is 1. The number of pyridine rings is 1. The van der Waals surface area contributed by atoms with Crippen molar-refractivity contribution < 1.29 is 14.0 Å². The van der Waals surface area contributed by atoms with E-state index in [1.54, 1.807) is 25.1 Å². The number of benzene rings is 1. The van der Waals surface area contributed by atoms with E-state index in [0.29, 0.717) is 35.8 Å². The van der Waals surface area contributed by atoms with Gasteiger partial charge in [0.2, 0.25) is 0 Å². The molecule has 170 valence electrons. The first kappa shape index (κ1) is 22.6. The average Bonchev–Trinajstić information content (AvgIpc) is 3.20. The number of hydrogen-bond donors (Lipinski definition) is 0. The van der Waals surface area contributed by atoms with E-state index >= 15 is 0 Å². The second-order valence-electron chi connectivity index (χ2n) is 8.33. The average molecular weight is 449 g/mol. The Labute approximate surface area is 191 Å². The van der Waals surface area contributed by atoms with E-state index < -0.39 is 11.7 Å². The van der Waals surface area contributed by atoms with Crippen molar-refractivity contribution >= 4 is 23.8 Å². The highest BCUT2D eigenvalue weighted by Gasteiger charge is 2.33. The summed E-state index contributed by atoms with van der Waals surface area (Å²) in [5, 5.41) is 14.3. The molecule has 0 radical (unpaired) electrons. The molecule has 2 aliphatic rings. The lowest BCUT2D eigenvalue weighted by Gasteiger charge is -2.39. The number of aromatic nitrogens is 1. The number of anilines is 1. The third-order valence-electron chi connectivity index (χ3n) is 6.29. The Morgan fingerprint density at radius 1 is 1.30 bits per heavy atom. The normalized spacial score (nSPS) is 20.9. The van der Waals surface area contributed by atoms with E-state index in [-0.39, 0.29) is 23.2 Å². The van der Waals surface area contributed by atoms with Crippen molar-refractivity contribution in [3.8, 4) is 6.07 Å². The fourth-order valence-electron chi connectivity index (χ4n) is 4.36. The predicted octanol–water partition coefficient (Wildman–Crippen LogP) is 2.68. The summed E-state index contributed by atoms with van der Waals surface area (Å²) < 4.78 is 14.1. The van der Waals surface area contributed by atoms with Crippen LogP contribution < -0.4 is 5.01 Å². The molecule has 2 atom stereocenters. The maximum absolute atomic E-state index is 14.1. The monoisotopic (exact) mass is 448 g/mol. The number of nitrogens with zero attached hydrogens (tertiary/aromatic N) is 6. The summed E-state index contributed by atoms with van der Waals surface area (Å²) in [4.78, 5) is 34.3. The molecule has 1 aromatic carbocycles. The zero-order valence-corrected chi connectivity index (χ0v) is 18.8. The summed E-state index contributed by atoms with van der Waals surface area (Å²) in [5.41, 5.74) is 1.47. The molecule has 9 heteroatoms. The molecule has 1 aromatic heterocycles. The minimum atomic E-state index is -0.772. The highest BCUT2D eigenvalue weighted by Crippen LogP contribution is 2.29. The molecular formula is C24H25FN6O2. The van der Waals surface area contributed by atoms with Crippen LogP contribution in [-0.2, 0) is 4.79 Å². The van der Waals surface area contributed by atoms with E-state index in [2.05, 4.69) is 28.8 Å². The van der Waals surface area contributed by atoms with Gasteiger partial charge in [-0.15, -0.1) is 0 Å². The zero-order chi connectivity index (χ0) is 23.7. The van der Waals surface area contributed by atoms with Crippen molar-refractivity contribution in [2.45, 2.75) is 32.7 Å². The minimum Gasteiger partial charge on any atom is -0.336 e. The van der Waals surface area contributed by atoms with Gasteiger partial charge in [0.25, 0.3) is 11.8 Å². The van der Waals surface area contributed by atoms with E-state index in [4.69, 9.17) is 5.26 Å². The van der Waals surface area contributed by atoms with Gasteiger partial charge in [-0.1, -0.05) is 6.92 Å².